The second-order valence-corrected chi connectivity index (χ2v) is 6.64. The first-order valence-electron chi connectivity index (χ1n) is 9.15. The molecule has 2 N–H and O–H groups in total. The molecule has 1 aromatic carbocycles. The molecule has 0 spiro atoms. The summed E-state index contributed by atoms with van der Waals surface area (Å²) in [6.45, 7) is 8.04. The quantitative estimate of drug-likeness (QED) is 0.664. The largest absolute Gasteiger partial charge is 0.476 e. The summed E-state index contributed by atoms with van der Waals surface area (Å²) >= 11 is 0. The molecular weight excluding hydrogens is 347 g/mol. The lowest BCUT2D eigenvalue weighted by molar-refractivity contribution is 0.0498. The van der Waals surface area contributed by atoms with E-state index in [2.05, 4.69) is 13.8 Å². The normalized spacial score (nSPS) is 12.1. The maximum Gasteiger partial charge on any atom is 0.188 e. The Morgan fingerprint density at radius 3 is 2.56 bits per heavy atom. The van der Waals surface area contributed by atoms with Crippen molar-refractivity contribution in [3.63, 3.8) is 0 Å². The molecule has 0 bridgehead atoms. The van der Waals surface area contributed by atoms with E-state index in [0.717, 1.165) is 34.7 Å². The van der Waals surface area contributed by atoms with Crippen molar-refractivity contribution in [2.45, 2.75) is 46.5 Å². The molecule has 0 saturated heterocycles. The predicted molar refractivity (Wildman–Crippen MR) is 104 cm³/mol. The highest BCUT2D eigenvalue weighted by molar-refractivity contribution is 5.45. The van der Waals surface area contributed by atoms with Crippen LogP contribution in [0.3, 0.4) is 0 Å². The van der Waals surface area contributed by atoms with Gasteiger partial charge in [-0.05, 0) is 55.2 Å². The topological polar surface area (TPSA) is 66.6 Å². The van der Waals surface area contributed by atoms with Crippen molar-refractivity contribution in [3.8, 4) is 11.5 Å². The first-order valence-corrected chi connectivity index (χ1v) is 9.15. The van der Waals surface area contributed by atoms with Gasteiger partial charge in [-0.25, -0.2) is 4.39 Å². The van der Waals surface area contributed by atoms with Gasteiger partial charge >= 0.3 is 0 Å². The molecule has 0 aliphatic heterocycles. The van der Waals surface area contributed by atoms with E-state index in [1.165, 1.54) is 0 Å². The van der Waals surface area contributed by atoms with E-state index in [1.54, 1.807) is 20.1 Å². The van der Waals surface area contributed by atoms with Gasteiger partial charge in [0.25, 0.3) is 0 Å². The fraction of sp³-hybridized carbons (Fsp3) is 0.476. The lowest BCUT2D eigenvalue weighted by Crippen LogP contribution is -2.11. The highest BCUT2D eigenvalue weighted by Gasteiger charge is 2.17. The van der Waals surface area contributed by atoms with E-state index < -0.39 is 0 Å². The SMILES string of the molecule is CCC(C)c1nc(Cc2c(C)cc(OCN)c(F)c2C)ccc1OCOC. The van der Waals surface area contributed by atoms with Crippen molar-refractivity contribution < 1.29 is 18.6 Å². The molecule has 1 unspecified atom stereocenters. The third-order valence-electron chi connectivity index (χ3n) is 4.77. The summed E-state index contributed by atoms with van der Waals surface area (Å²) < 4.78 is 30.4. The molecule has 6 heteroatoms. The van der Waals surface area contributed by atoms with E-state index in [1.807, 2.05) is 19.1 Å². The minimum Gasteiger partial charge on any atom is -0.476 e. The van der Waals surface area contributed by atoms with E-state index in [4.69, 9.17) is 24.9 Å². The number of halogens is 1. The van der Waals surface area contributed by atoms with Crippen LogP contribution < -0.4 is 15.2 Å². The van der Waals surface area contributed by atoms with E-state index in [-0.39, 0.29) is 31.0 Å². The van der Waals surface area contributed by atoms with E-state index in [0.29, 0.717) is 12.0 Å². The van der Waals surface area contributed by atoms with Gasteiger partial charge in [0, 0.05) is 25.1 Å². The molecule has 1 aromatic heterocycles. The average Bonchev–Trinajstić information content (AvgIpc) is 2.67. The third kappa shape index (κ3) is 4.96. The Morgan fingerprint density at radius 1 is 1.19 bits per heavy atom. The van der Waals surface area contributed by atoms with Crippen LogP contribution in [0, 0.1) is 19.7 Å². The Labute approximate surface area is 160 Å². The molecular formula is C21H29FN2O3. The zero-order valence-corrected chi connectivity index (χ0v) is 16.8. The number of aryl methyl sites for hydroxylation is 1. The molecule has 0 aliphatic carbocycles. The van der Waals surface area contributed by atoms with Crippen LogP contribution in [0.25, 0.3) is 0 Å². The van der Waals surface area contributed by atoms with Crippen molar-refractivity contribution in [1.29, 1.82) is 0 Å². The van der Waals surface area contributed by atoms with Gasteiger partial charge in [0.15, 0.2) is 18.4 Å². The Bertz CT molecular complexity index is 781. The van der Waals surface area contributed by atoms with Crippen molar-refractivity contribution >= 4 is 0 Å². The zero-order valence-electron chi connectivity index (χ0n) is 16.8. The second-order valence-electron chi connectivity index (χ2n) is 6.64. The summed E-state index contributed by atoms with van der Waals surface area (Å²) in [5.41, 5.74) is 9.56. The summed E-state index contributed by atoms with van der Waals surface area (Å²) in [5.74, 6) is 0.786. The maximum absolute atomic E-state index is 14.6. The number of hydrogen-bond donors (Lipinski definition) is 1. The van der Waals surface area contributed by atoms with Crippen LogP contribution >= 0.6 is 0 Å². The maximum atomic E-state index is 14.6. The fourth-order valence-electron chi connectivity index (χ4n) is 3.00. The molecule has 148 valence electrons. The van der Waals surface area contributed by atoms with Crippen molar-refractivity contribution in [1.82, 2.24) is 4.98 Å². The number of pyridine rings is 1. The number of nitrogens with two attached hydrogens (primary N) is 1. The number of nitrogens with zero attached hydrogens (tertiary/aromatic N) is 1. The summed E-state index contributed by atoms with van der Waals surface area (Å²) in [4.78, 5) is 4.81. The molecule has 2 aromatic rings. The fourth-order valence-corrected chi connectivity index (χ4v) is 3.00. The molecule has 0 aliphatic rings. The number of ether oxygens (including phenoxy) is 3. The summed E-state index contributed by atoms with van der Waals surface area (Å²) in [5, 5.41) is 0. The Balaban J connectivity index is 2.38. The molecule has 0 amide bonds. The highest BCUT2D eigenvalue weighted by Crippen LogP contribution is 2.31. The molecule has 1 atom stereocenters. The van der Waals surface area contributed by atoms with Crippen LogP contribution in [0.5, 0.6) is 11.5 Å². The molecule has 2 rings (SSSR count). The third-order valence-corrected chi connectivity index (χ3v) is 4.77. The molecule has 0 saturated carbocycles. The second kappa shape index (κ2) is 9.67. The Hall–Kier alpha value is -2.18. The zero-order chi connectivity index (χ0) is 20.0. The smallest absolute Gasteiger partial charge is 0.188 e. The first kappa shape index (κ1) is 21.1. The summed E-state index contributed by atoms with van der Waals surface area (Å²) in [6.07, 6.45) is 1.48. The van der Waals surface area contributed by atoms with Gasteiger partial charge in [0.05, 0.1) is 5.69 Å². The van der Waals surface area contributed by atoms with Crippen LogP contribution in [0.2, 0.25) is 0 Å². The van der Waals surface area contributed by atoms with Crippen molar-refractivity contribution in [2.24, 2.45) is 5.73 Å². The summed E-state index contributed by atoms with van der Waals surface area (Å²) in [6, 6.07) is 5.52. The van der Waals surface area contributed by atoms with Crippen LogP contribution in [-0.2, 0) is 11.2 Å². The van der Waals surface area contributed by atoms with E-state index >= 15 is 0 Å². The number of methoxy groups -OCH3 is 1. The summed E-state index contributed by atoms with van der Waals surface area (Å²) in [7, 11) is 1.59. The molecule has 5 nitrogen and oxygen atoms in total. The highest BCUT2D eigenvalue weighted by atomic mass is 19.1. The van der Waals surface area contributed by atoms with Gasteiger partial charge in [-0.15, -0.1) is 0 Å². The predicted octanol–water partition coefficient (Wildman–Crippen LogP) is 4.22. The number of rotatable bonds is 9. The van der Waals surface area contributed by atoms with Crippen LogP contribution in [0.1, 0.15) is 54.3 Å². The first-order chi connectivity index (χ1) is 12.9. The van der Waals surface area contributed by atoms with E-state index in [9.17, 15) is 4.39 Å². The number of hydrogen-bond acceptors (Lipinski definition) is 5. The Kier molecular flexibility index (Phi) is 7.56. The minimum absolute atomic E-state index is 0.0576. The van der Waals surface area contributed by atoms with Gasteiger partial charge in [-0.2, -0.15) is 0 Å². The van der Waals surface area contributed by atoms with Crippen LogP contribution in [-0.4, -0.2) is 25.6 Å². The van der Waals surface area contributed by atoms with Crippen molar-refractivity contribution in [2.75, 3.05) is 20.6 Å². The minimum atomic E-state index is -0.372. The average molecular weight is 376 g/mol. The number of aromatic nitrogens is 1. The van der Waals surface area contributed by atoms with Gasteiger partial charge in [0.1, 0.15) is 12.5 Å². The molecule has 1 heterocycles. The van der Waals surface area contributed by atoms with Crippen LogP contribution in [0.15, 0.2) is 18.2 Å². The van der Waals surface area contributed by atoms with Gasteiger partial charge in [-0.1, -0.05) is 13.8 Å². The van der Waals surface area contributed by atoms with Gasteiger partial charge in [-0.3, -0.25) is 10.7 Å². The molecule has 0 fully saturated rings. The number of benzene rings is 1. The lowest BCUT2D eigenvalue weighted by Gasteiger charge is -2.17. The lowest BCUT2D eigenvalue weighted by atomic mass is 9.96. The monoisotopic (exact) mass is 376 g/mol. The van der Waals surface area contributed by atoms with Gasteiger partial charge < -0.3 is 14.2 Å². The molecule has 0 radical (unpaired) electrons. The van der Waals surface area contributed by atoms with Crippen molar-refractivity contribution in [3.05, 3.63) is 52.1 Å². The van der Waals surface area contributed by atoms with Gasteiger partial charge in [0.2, 0.25) is 0 Å². The standard InChI is InChI=1S/C21H29FN2O3/c1-6-13(2)21-18(27-12-25-5)8-7-16(24-21)10-17-14(3)9-19(26-11-23)20(22)15(17)4/h7-9,13H,6,10-12,23H2,1-5H3. The Morgan fingerprint density at radius 2 is 1.93 bits per heavy atom. The van der Waals surface area contributed by atoms with Crippen LogP contribution in [0.4, 0.5) is 4.39 Å². The molecule has 27 heavy (non-hydrogen) atoms.